The van der Waals surface area contributed by atoms with Crippen LogP contribution in [0.2, 0.25) is 0 Å². The first kappa shape index (κ1) is 13.9. The van der Waals surface area contributed by atoms with Gasteiger partial charge in [0.1, 0.15) is 0 Å². The highest BCUT2D eigenvalue weighted by Crippen LogP contribution is 2.23. The molecule has 0 spiro atoms. The molecular weight excluding hydrogens is 232 g/mol. The van der Waals surface area contributed by atoms with Crippen molar-refractivity contribution in [2.24, 2.45) is 5.92 Å². The number of para-hydroxylation sites is 1. The molecule has 0 unspecified atom stereocenters. The van der Waals surface area contributed by atoms with Crippen molar-refractivity contribution in [3.05, 3.63) is 29.8 Å². The summed E-state index contributed by atoms with van der Waals surface area (Å²) < 4.78 is 0. The molecule has 17 heavy (non-hydrogen) atoms. The first-order valence-corrected chi connectivity index (χ1v) is 6.48. The van der Waals surface area contributed by atoms with E-state index in [4.69, 9.17) is 16.9 Å². The van der Waals surface area contributed by atoms with Crippen molar-refractivity contribution in [1.29, 1.82) is 5.26 Å². The van der Waals surface area contributed by atoms with Crippen LogP contribution in [0.4, 0.5) is 5.69 Å². The average molecular weight is 251 g/mol. The summed E-state index contributed by atoms with van der Waals surface area (Å²) in [6.07, 6.45) is 0.545. The van der Waals surface area contributed by atoms with E-state index in [0.29, 0.717) is 18.2 Å². The van der Waals surface area contributed by atoms with Gasteiger partial charge in [-0.1, -0.05) is 32.0 Å². The lowest BCUT2D eigenvalue weighted by Gasteiger charge is -2.27. The molecule has 3 heteroatoms. The third kappa shape index (κ3) is 4.28. The van der Waals surface area contributed by atoms with Crippen LogP contribution < -0.4 is 4.90 Å². The molecule has 1 rings (SSSR count). The molecule has 0 amide bonds. The van der Waals surface area contributed by atoms with Gasteiger partial charge in [-0.05, 0) is 17.5 Å². The van der Waals surface area contributed by atoms with Gasteiger partial charge in [0.25, 0.3) is 0 Å². The molecule has 0 atom stereocenters. The zero-order chi connectivity index (χ0) is 12.7. The van der Waals surface area contributed by atoms with Crippen molar-refractivity contribution in [2.45, 2.75) is 26.1 Å². The smallest absolute Gasteiger partial charge is 0.0640 e. The summed E-state index contributed by atoms with van der Waals surface area (Å²) in [5.41, 5.74) is 2.29. The molecule has 0 fully saturated rings. The second-order valence-corrected chi connectivity index (χ2v) is 4.78. The Kier molecular flexibility index (Phi) is 5.86. The Morgan fingerprint density at radius 3 is 2.65 bits per heavy atom. The predicted molar refractivity (Wildman–Crippen MR) is 73.3 cm³/mol. The van der Waals surface area contributed by atoms with Gasteiger partial charge in [-0.3, -0.25) is 0 Å². The highest BCUT2D eigenvalue weighted by atomic mass is 35.5. The number of halogens is 1. The van der Waals surface area contributed by atoms with Crippen molar-refractivity contribution in [3.63, 3.8) is 0 Å². The maximum absolute atomic E-state index is 8.72. The molecule has 0 aliphatic heterocycles. The van der Waals surface area contributed by atoms with Crippen molar-refractivity contribution in [3.8, 4) is 6.07 Å². The van der Waals surface area contributed by atoms with Gasteiger partial charge < -0.3 is 4.90 Å². The van der Waals surface area contributed by atoms with E-state index in [1.54, 1.807) is 0 Å². The zero-order valence-electron chi connectivity index (χ0n) is 10.5. The number of rotatable bonds is 6. The Bertz CT molecular complexity index is 382. The number of hydrogen-bond donors (Lipinski definition) is 0. The number of nitrogens with zero attached hydrogens (tertiary/aromatic N) is 2. The van der Waals surface area contributed by atoms with E-state index in [-0.39, 0.29) is 0 Å². The fraction of sp³-hybridized carbons (Fsp3) is 0.500. The van der Waals surface area contributed by atoms with Crippen molar-refractivity contribution in [1.82, 2.24) is 0 Å². The Labute approximate surface area is 109 Å². The topological polar surface area (TPSA) is 27.0 Å². The fourth-order valence-electron chi connectivity index (χ4n) is 1.87. The maximum atomic E-state index is 8.72. The first-order chi connectivity index (χ1) is 8.19. The minimum atomic E-state index is 0.511. The number of nitriles is 1. The van der Waals surface area contributed by atoms with Gasteiger partial charge in [0.05, 0.1) is 12.5 Å². The number of anilines is 1. The lowest BCUT2D eigenvalue weighted by atomic mass is 10.1. The molecule has 0 aliphatic rings. The lowest BCUT2D eigenvalue weighted by Crippen LogP contribution is -2.29. The summed E-state index contributed by atoms with van der Waals surface area (Å²) in [6.45, 7) is 6.09. The van der Waals surface area contributed by atoms with Gasteiger partial charge in [-0.15, -0.1) is 11.6 Å². The lowest BCUT2D eigenvalue weighted by molar-refractivity contribution is 0.611. The summed E-state index contributed by atoms with van der Waals surface area (Å²) in [5.74, 6) is 1.08. The van der Waals surface area contributed by atoms with E-state index < -0.39 is 0 Å². The third-order valence-corrected chi connectivity index (χ3v) is 2.84. The second-order valence-electron chi connectivity index (χ2n) is 4.51. The first-order valence-electron chi connectivity index (χ1n) is 5.94. The number of alkyl halides is 1. The van der Waals surface area contributed by atoms with Crippen molar-refractivity contribution < 1.29 is 0 Å². The molecule has 0 bridgehead atoms. The zero-order valence-corrected chi connectivity index (χ0v) is 11.2. The maximum Gasteiger partial charge on any atom is 0.0640 e. The van der Waals surface area contributed by atoms with Gasteiger partial charge in [0, 0.05) is 24.7 Å². The number of hydrogen-bond acceptors (Lipinski definition) is 2. The summed E-state index contributed by atoms with van der Waals surface area (Å²) in [5, 5.41) is 8.72. The summed E-state index contributed by atoms with van der Waals surface area (Å²) >= 11 is 5.96. The van der Waals surface area contributed by atoms with Gasteiger partial charge in [-0.2, -0.15) is 5.26 Å². The molecule has 1 aromatic rings. The minimum Gasteiger partial charge on any atom is -0.370 e. The molecule has 1 aromatic carbocycles. The van der Waals surface area contributed by atoms with Crippen LogP contribution in [0.25, 0.3) is 0 Å². The highest BCUT2D eigenvalue weighted by Gasteiger charge is 2.11. The van der Waals surface area contributed by atoms with E-state index in [1.165, 1.54) is 0 Å². The van der Waals surface area contributed by atoms with Crippen molar-refractivity contribution in [2.75, 3.05) is 18.0 Å². The molecule has 92 valence electrons. The molecule has 0 radical (unpaired) electrons. The van der Waals surface area contributed by atoms with Crippen LogP contribution in [-0.2, 0) is 5.88 Å². The third-order valence-electron chi connectivity index (χ3n) is 2.56. The van der Waals surface area contributed by atoms with E-state index in [0.717, 1.165) is 24.3 Å². The fourth-order valence-corrected chi connectivity index (χ4v) is 2.09. The molecule has 0 heterocycles. The molecule has 0 aromatic heterocycles. The van der Waals surface area contributed by atoms with E-state index in [2.05, 4.69) is 30.9 Å². The van der Waals surface area contributed by atoms with Crippen LogP contribution in [0, 0.1) is 17.2 Å². The van der Waals surface area contributed by atoms with Crippen LogP contribution in [-0.4, -0.2) is 13.1 Å². The molecular formula is C14H19ClN2. The quantitative estimate of drug-likeness (QED) is 0.718. The molecule has 0 N–H and O–H groups in total. The van der Waals surface area contributed by atoms with Crippen LogP contribution in [0.3, 0.4) is 0 Å². The standard InChI is InChI=1S/C14H19ClN2/c1-12(2)11-17(9-5-8-16)14-7-4-3-6-13(14)10-15/h3-4,6-7,12H,5,9-11H2,1-2H3. The van der Waals surface area contributed by atoms with Crippen molar-refractivity contribution >= 4 is 17.3 Å². The van der Waals surface area contributed by atoms with E-state index in [1.807, 2.05) is 18.2 Å². The molecule has 0 aliphatic carbocycles. The number of benzene rings is 1. The monoisotopic (exact) mass is 250 g/mol. The molecule has 2 nitrogen and oxygen atoms in total. The molecule has 0 saturated heterocycles. The largest absolute Gasteiger partial charge is 0.370 e. The average Bonchev–Trinajstić information content (AvgIpc) is 2.34. The second kappa shape index (κ2) is 7.19. The summed E-state index contributed by atoms with van der Waals surface area (Å²) in [4.78, 5) is 2.26. The normalized spacial score (nSPS) is 10.3. The summed E-state index contributed by atoms with van der Waals surface area (Å²) in [7, 11) is 0. The Balaban J connectivity index is 2.91. The summed E-state index contributed by atoms with van der Waals surface area (Å²) in [6, 6.07) is 10.3. The van der Waals surface area contributed by atoms with Crippen LogP contribution in [0.5, 0.6) is 0 Å². The highest BCUT2D eigenvalue weighted by molar-refractivity contribution is 6.17. The Hall–Kier alpha value is -1.20. The van der Waals surface area contributed by atoms with Gasteiger partial charge in [-0.25, -0.2) is 0 Å². The Morgan fingerprint density at radius 2 is 2.06 bits per heavy atom. The predicted octanol–water partition coefficient (Wildman–Crippen LogP) is 3.80. The van der Waals surface area contributed by atoms with Crippen LogP contribution >= 0.6 is 11.6 Å². The molecule has 0 saturated carbocycles. The van der Waals surface area contributed by atoms with Gasteiger partial charge in [0.15, 0.2) is 0 Å². The van der Waals surface area contributed by atoms with Crippen LogP contribution in [0.1, 0.15) is 25.8 Å². The van der Waals surface area contributed by atoms with E-state index >= 15 is 0 Å². The Morgan fingerprint density at radius 1 is 1.35 bits per heavy atom. The SMILES string of the molecule is CC(C)CN(CCC#N)c1ccccc1CCl. The van der Waals surface area contributed by atoms with E-state index in [9.17, 15) is 0 Å². The van der Waals surface area contributed by atoms with Crippen LogP contribution in [0.15, 0.2) is 24.3 Å². The minimum absolute atomic E-state index is 0.511. The van der Waals surface area contributed by atoms with Gasteiger partial charge >= 0.3 is 0 Å². The van der Waals surface area contributed by atoms with Gasteiger partial charge in [0.2, 0.25) is 0 Å².